The number of halogens is 1. The maximum Gasteiger partial charge on any atom is 0.152 e. The Hall–Kier alpha value is -1.18. The van der Waals surface area contributed by atoms with Gasteiger partial charge < -0.3 is 15.4 Å². The number of benzene rings is 1. The highest BCUT2D eigenvalue weighted by atomic mass is 32.2. The predicted molar refractivity (Wildman–Crippen MR) is 85.6 cm³/mol. The monoisotopic (exact) mass is 330 g/mol. The summed E-state index contributed by atoms with van der Waals surface area (Å²) in [5.41, 5.74) is 7.49. The van der Waals surface area contributed by atoms with Gasteiger partial charge in [0.05, 0.1) is 23.7 Å². The Bertz CT molecular complexity index is 577. The zero-order valence-corrected chi connectivity index (χ0v) is 13.6. The van der Waals surface area contributed by atoms with Crippen LogP contribution in [0.5, 0.6) is 0 Å². The van der Waals surface area contributed by atoms with Crippen molar-refractivity contribution in [2.75, 3.05) is 43.3 Å². The third-order valence-electron chi connectivity index (χ3n) is 3.96. The number of hydrogen-bond acceptors (Lipinski definition) is 5. The van der Waals surface area contributed by atoms with Gasteiger partial charge in [0.15, 0.2) is 9.84 Å². The van der Waals surface area contributed by atoms with Crippen molar-refractivity contribution < 1.29 is 17.5 Å². The van der Waals surface area contributed by atoms with E-state index in [0.29, 0.717) is 13.0 Å². The summed E-state index contributed by atoms with van der Waals surface area (Å²) in [6, 6.07) is 6.84. The van der Waals surface area contributed by atoms with Gasteiger partial charge in [0.1, 0.15) is 6.67 Å². The van der Waals surface area contributed by atoms with E-state index < -0.39 is 28.7 Å². The standard InChI is InChI=1S/C15H23FN2O3S/c1-21-15(14(17)11-16)12-3-5-13(6-4-12)18-7-2-9-22(19,20)10-8-18/h3-6,14-15H,2,7-11,17H2,1H3/t14-,15-/m1/s1. The Balaban J connectivity index is 2.11. The predicted octanol–water partition coefficient (Wildman–Crippen LogP) is 1.30. The molecule has 1 saturated heterocycles. The van der Waals surface area contributed by atoms with Gasteiger partial charge in [0.25, 0.3) is 0 Å². The van der Waals surface area contributed by atoms with Gasteiger partial charge in [-0.2, -0.15) is 0 Å². The van der Waals surface area contributed by atoms with E-state index in [-0.39, 0.29) is 11.5 Å². The summed E-state index contributed by atoms with van der Waals surface area (Å²) < 4.78 is 41.3. The fraction of sp³-hybridized carbons (Fsp3) is 0.600. The molecule has 0 aliphatic carbocycles. The summed E-state index contributed by atoms with van der Waals surface area (Å²) in [6.45, 7) is 0.569. The number of ether oxygens (including phenoxy) is 1. The first-order valence-electron chi connectivity index (χ1n) is 7.36. The highest BCUT2D eigenvalue weighted by Crippen LogP contribution is 2.24. The second-order valence-electron chi connectivity index (χ2n) is 5.56. The smallest absolute Gasteiger partial charge is 0.152 e. The van der Waals surface area contributed by atoms with Gasteiger partial charge in [0, 0.05) is 25.9 Å². The van der Waals surface area contributed by atoms with Gasteiger partial charge in [-0.05, 0) is 24.1 Å². The van der Waals surface area contributed by atoms with Crippen LogP contribution in [-0.4, -0.2) is 52.8 Å². The normalized spacial score (nSPS) is 21.1. The van der Waals surface area contributed by atoms with Crippen LogP contribution in [0.1, 0.15) is 18.1 Å². The van der Waals surface area contributed by atoms with E-state index in [9.17, 15) is 12.8 Å². The number of hydrogen-bond donors (Lipinski definition) is 1. The SMILES string of the molecule is CO[C@H](c1ccc(N2CCCS(=O)(=O)CC2)cc1)[C@H](N)CF. The van der Waals surface area contributed by atoms with Crippen LogP contribution >= 0.6 is 0 Å². The van der Waals surface area contributed by atoms with Crippen LogP contribution in [0, 0.1) is 0 Å². The summed E-state index contributed by atoms with van der Waals surface area (Å²) in [5.74, 6) is 0.431. The number of nitrogens with zero attached hydrogens (tertiary/aromatic N) is 1. The molecular weight excluding hydrogens is 307 g/mol. The van der Waals surface area contributed by atoms with Crippen molar-refractivity contribution in [3.05, 3.63) is 29.8 Å². The van der Waals surface area contributed by atoms with E-state index in [1.54, 1.807) is 0 Å². The number of methoxy groups -OCH3 is 1. The molecule has 0 saturated carbocycles. The summed E-state index contributed by atoms with van der Waals surface area (Å²) in [7, 11) is -1.41. The fourth-order valence-electron chi connectivity index (χ4n) is 2.71. The number of sulfone groups is 1. The first kappa shape index (κ1) is 17.2. The van der Waals surface area contributed by atoms with E-state index in [1.165, 1.54) is 7.11 Å². The second-order valence-corrected chi connectivity index (χ2v) is 7.86. The minimum Gasteiger partial charge on any atom is -0.375 e. The van der Waals surface area contributed by atoms with Crippen LogP contribution in [0.4, 0.5) is 10.1 Å². The first-order valence-corrected chi connectivity index (χ1v) is 9.18. The van der Waals surface area contributed by atoms with Crippen LogP contribution in [0.3, 0.4) is 0 Å². The molecule has 22 heavy (non-hydrogen) atoms. The summed E-state index contributed by atoms with van der Waals surface area (Å²) in [4.78, 5) is 2.06. The molecule has 0 bridgehead atoms. The van der Waals surface area contributed by atoms with E-state index in [2.05, 4.69) is 4.90 Å². The highest BCUT2D eigenvalue weighted by molar-refractivity contribution is 7.91. The van der Waals surface area contributed by atoms with Crippen LogP contribution < -0.4 is 10.6 Å². The Kier molecular flexibility index (Phi) is 5.77. The van der Waals surface area contributed by atoms with Crippen molar-refractivity contribution in [3.8, 4) is 0 Å². The zero-order valence-electron chi connectivity index (χ0n) is 12.7. The van der Waals surface area contributed by atoms with Crippen molar-refractivity contribution in [3.63, 3.8) is 0 Å². The first-order chi connectivity index (χ1) is 10.5. The summed E-state index contributed by atoms with van der Waals surface area (Å²) >= 11 is 0. The van der Waals surface area contributed by atoms with Crippen LogP contribution in [0.25, 0.3) is 0 Å². The van der Waals surface area contributed by atoms with Crippen LogP contribution in [0.15, 0.2) is 24.3 Å². The van der Waals surface area contributed by atoms with E-state index >= 15 is 0 Å². The Morgan fingerprint density at radius 1 is 1.27 bits per heavy atom. The Morgan fingerprint density at radius 2 is 1.95 bits per heavy atom. The molecule has 1 aromatic rings. The molecule has 2 N–H and O–H groups in total. The van der Waals surface area contributed by atoms with Crippen molar-refractivity contribution in [2.24, 2.45) is 5.73 Å². The third-order valence-corrected chi connectivity index (χ3v) is 5.68. The van der Waals surface area contributed by atoms with Crippen molar-refractivity contribution in [2.45, 2.75) is 18.6 Å². The van der Waals surface area contributed by atoms with Crippen LogP contribution in [-0.2, 0) is 14.6 Å². The second kappa shape index (κ2) is 7.39. The molecule has 0 amide bonds. The third kappa shape index (κ3) is 4.18. The lowest BCUT2D eigenvalue weighted by atomic mass is 10.0. The maximum absolute atomic E-state index is 12.7. The van der Waals surface area contributed by atoms with Crippen molar-refractivity contribution >= 4 is 15.5 Å². The maximum atomic E-state index is 12.7. The lowest BCUT2D eigenvalue weighted by Gasteiger charge is -2.24. The molecule has 1 aromatic carbocycles. The number of anilines is 1. The van der Waals surface area contributed by atoms with Crippen molar-refractivity contribution in [1.82, 2.24) is 0 Å². The summed E-state index contributed by atoms with van der Waals surface area (Å²) in [5, 5.41) is 0. The van der Waals surface area contributed by atoms with Gasteiger partial charge in [-0.15, -0.1) is 0 Å². The molecule has 5 nitrogen and oxygen atoms in total. The molecule has 0 unspecified atom stereocenters. The van der Waals surface area contributed by atoms with Crippen LogP contribution in [0.2, 0.25) is 0 Å². The van der Waals surface area contributed by atoms with Gasteiger partial charge in [-0.1, -0.05) is 12.1 Å². The van der Waals surface area contributed by atoms with E-state index in [0.717, 1.165) is 17.8 Å². The Morgan fingerprint density at radius 3 is 2.55 bits per heavy atom. The Labute approximate surface area is 131 Å². The molecule has 1 aliphatic rings. The number of alkyl halides is 1. The molecule has 2 rings (SSSR count). The molecule has 124 valence electrons. The van der Waals surface area contributed by atoms with E-state index in [1.807, 2.05) is 24.3 Å². The topological polar surface area (TPSA) is 72.6 Å². The minimum atomic E-state index is -2.92. The molecule has 7 heteroatoms. The van der Waals surface area contributed by atoms with Gasteiger partial charge in [-0.25, -0.2) is 12.8 Å². The van der Waals surface area contributed by atoms with Gasteiger partial charge >= 0.3 is 0 Å². The molecule has 0 aromatic heterocycles. The lowest BCUT2D eigenvalue weighted by molar-refractivity contribution is 0.0721. The molecule has 0 spiro atoms. The molecule has 0 radical (unpaired) electrons. The van der Waals surface area contributed by atoms with Gasteiger partial charge in [-0.3, -0.25) is 0 Å². The summed E-state index contributed by atoms with van der Waals surface area (Å²) in [6.07, 6.45) is 0.154. The highest BCUT2D eigenvalue weighted by Gasteiger charge is 2.21. The fourth-order valence-corrected chi connectivity index (χ4v) is 3.98. The minimum absolute atomic E-state index is 0.183. The van der Waals surface area contributed by atoms with E-state index in [4.69, 9.17) is 10.5 Å². The average Bonchev–Trinajstić information content (AvgIpc) is 2.69. The lowest BCUT2D eigenvalue weighted by Crippen LogP contribution is -2.31. The zero-order chi connectivity index (χ0) is 16.2. The molecule has 1 fully saturated rings. The number of nitrogens with two attached hydrogens (primary N) is 1. The largest absolute Gasteiger partial charge is 0.375 e. The molecule has 2 atom stereocenters. The van der Waals surface area contributed by atoms with Crippen molar-refractivity contribution in [1.29, 1.82) is 0 Å². The molecular formula is C15H23FN2O3S. The quantitative estimate of drug-likeness (QED) is 0.881. The molecule has 1 heterocycles. The number of rotatable bonds is 5. The molecule has 1 aliphatic heterocycles. The average molecular weight is 330 g/mol. The van der Waals surface area contributed by atoms with Gasteiger partial charge in [0.2, 0.25) is 0 Å².